The van der Waals surface area contributed by atoms with E-state index in [4.69, 9.17) is 5.14 Å². The molecular formula is C13H17NS. The van der Waals surface area contributed by atoms with Crippen molar-refractivity contribution in [2.24, 2.45) is 5.14 Å². The molecule has 0 fully saturated rings. The van der Waals surface area contributed by atoms with Crippen molar-refractivity contribution in [1.29, 1.82) is 0 Å². The SMILES string of the molecule is CC.Cc1cccc2ccc(SN)cc12. The van der Waals surface area contributed by atoms with Crippen molar-refractivity contribution in [3.8, 4) is 0 Å². The number of hydrogen-bond donors (Lipinski definition) is 1. The molecule has 0 saturated carbocycles. The first kappa shape index (κ1) is 12.1. The molecule has 2 rings (SSSR count). The third-order valence-corrected chi connectivity index (χ3v) is 2.73. The average molecular weight is 219 g/mol. The van der Waals surface area contributed by atoms with Crippen LogP contribution in [-0.2, 0) is 0 Å². The maximum Gasteiger partial charge on any atom is 0.0232 e. The van der Waals surface area contributed by atoms with E-state index < -0.39 is 0 Å². The van der Waals surface area contributed by atoms with Gasteiger partial charge in [-0.25, -0.2) is 0 Å². The molecule has 15 heavy (non-hydrogen) atoms. The van der Waals surface area contributed by atoms with Gasteiger partial charge in [0.2, 0.25) is 0 Å². The Morgan fingerprint density at radius 1 is 1.07 bits per heavy atom. The fourth-order valence-corrected chi connectivity index (χ4v) is 1.81. The molecule has 0 aromatic heterocycles. The summed E-state index contributed by atoms with van der Waals surface area (Å²) in [6.07, 6.45) is 0. The zero-order valence-electron chi connectivity index (χ0n) is 9.45. The minimum absolute atomic E-state index is 1.11. The Morgan fingerprint density at radius 3 is 2.47 bits per heavy atom. The lowest BCUT2D eigenvalue weighted by Gasteiger charge is -2.03. The molecule has 0 aliphatic rings. The lowest BCUT2D eigenvalue weighted by atomic mass is 10.1. The average Bonchev–Trinajstić information content (AvgIpc) is 2.32. The molecule has 0 radical (unpaired) electrons. The van der Waals surface area contributed by atoms with Gasteiger partial charge in [-0.2, -0.15) is 0 Å². The molecule has 2 N–H and O–H groups in total. The lowest BCUT2D eigenvalue weighted by Crippen LogP contribution is -1.82. The van der Waals surface area contributed by atoms with Crippen LogP contribution in [0.4, 0.5) is 0 Å². The highest BCUT2D eigenvalue weighted by Gasteiger charge is 1.97. The summed E-state index contributed by atoms with van der Waals surface area (Å²) < 4.78 is 0. The minimum Gasteiger partial charge on any atom is -0.274 e. The van der Waals surface area contributed by atoms with E-state index in [0.717, 1.165) is 4.90 Å². The van der Waals surface area contributed by atoms with Crippen molar-refractivity contribution in [2.75, 3.05) is 0 Å². The van der Waals surface area contributed by atoms with E-state index in [1.165, 1.54) is 28.3 Å². The molecule has 80 valence electrons. The summed E-state index contributed by atoms with van der Waals surface area (Å²) in [6.45, 7) is 6.12. The molecule has 0 amide bonds. The van der Waals surface area contributed by atoms with Gasteiger partial charge in [-0.1, -0.05) is 38.1 Å². The van der Waals surface area contributed by atoms with E-state index in [1.807, 2.05) is 19.9 Å². The Labute approximate surface area is 95.8 Å². The van der Waals surface area contributed by atoms with E-state index in [2.05, 4.69) is 37.3 Å². The molecule has 2 aromatic rings. The Hall–Kier alpha value is -0.990. The maximum absolute atomic E-state index is 5.51. The second-order valence-electron chi connectivity index (χ2n) is 3.08. The van der Waals surface area contributed by atoms with Crippen LogP contribution in [0.5, 0.6) is 0 Å². The third-order valence-electron chi connectivity index (χ3n) is 2.21. The minimum atomic E-state index is 1.11. The monoisotopic (exact) mass is 219 g/mol. The van der Waals surface area contributed by atoms with Gasteiger partial charge < -0.3 is 0 Å². The summed E-state index contributed by atoms with van der Waals surface area (Å²) in [6, 6.07) is 12.6. The highest BCUT2D eigenvalue weighted by Crippen LogP contribution is 2.22. The topological polar surface area (TPSA) is 26.0 Å². The van der Waals surface area contributed by atoms with Crippen LogP contribution < -0.4 is 5.14 Å². The zero-order chi connectivity index (χ0) is 11.3. The van der Waals surface area contributed by atoms with Gasteiger partial charge in [0.15, 0.2) is 0 Å². The second kappa shape index (κ2) is 5.79. The van der Waals surface area contributed by atoms with Gasteiger partial charge in [-0.05, 0) is 47.3 Å². The van der Waals surface area contributed by atoms with Crippen molar-refractivity contribution in [2.45, 2.75) is 25.7 Å². The number of rotatable bonds is 1. The van der Waals surface area contributed by atoms with Crippen LogP contribution in [0.2, 0.25) is 0 Å². The van der Waals surface area contributed by atoms with E-state index in [9.17, 15) is 0 Å². The molecule has 0 saturated heterocycles. The van der Waals surface area contributed by atoms with Gasteiger partial charge in [0.1, 0.15) is 0 Å². The van der Waals surface area contributed by atoms with E-state index in [1.54, 1.807) is 0 Å². The van der Waals surface area contributed by atoms with Gasteiger partial charge in [0.25, 0.3) is 0 Å². The molecule has 0 aliphatic carbocycles. The van der Waals surface area contributed by atoms with Crippen LogP contribution in [0.1, 0.15) is 19.4 Å². The largest absolute Gasteiger partial charge is 0.274 e. The molecule has 0 spiro atoms. The summed E-state index contributed by atoms with van der Waals surface area (Å²) in [7, 11) is 0. The first-order chi connectivity index (χ1) is 7.31. The number of fused-ring (bicyclic) bond motifs is 1. The molecule has 0 bridgehead atoms. The van der Waals surface area contributed by atoms with Crippen molar-refractivity contribution >= 4 is 22.7 Å². The fraction of sp³-hybridized carbons (Fsp3) is 0.231. The second-order valence-corrected chi connectivity index (χ2v) is 3.78. The zero-order valence-corrected chi connectivity index (χ0v) is 10.3. The predicted octanol–water partition coefficient (Wildman–Crippen LogP) is 4.14. The van der Waals surface area contributed by atoms with Gasteiger partial charge in [-0.3, -0.25) is 5.14 Å². The lowest BCUT2D eigenvalue weighted by molar-refractivity contribution is 1.46. The first-order valence-corrected chi connectivity index (χ1v) is 6.05. The maximum atomic E-state index is 5.51. The predicted molar refractivity (Wildman–Crippen MR) is 70.1 cm³/mol. The standard InChI is InChI=1S/C11H11NS.C2H6/c1-8-3-2-4-9-5-6-10(13-12)7-11(8)9;1-2/h2-7H,12H2,1H3;1-2H3. The quantitative estimate of drug-likeness (QED) is 0.729. The number of nitrogens with two attached hydrogens (primary N) is 1. The Balaban J connectivity index is 0.000000531. The molecular weight excluding hydrogens is 202 g/mol. The van der Waals surface area contributed by atoms with Gasteiger partial charge >= 0.3 is 0 Å². The van der Waals surface area contributed by atoms with Crippen LogP contribution in [0, 0.1) is 6.92 Å². The highest BCUT2D eigenvalue weighted by molar-refractivity contribution is 7.97. The number of benzene rings is 2. The van der Waals surface area contributed by atoms with Crippen LogP contribution in [-0.4, -0.2) is 0 Å². The van der Waals surface area contributed by atoms with Gasteiger partial charge in [0, 0.05) is 4.90 Å². The normalized spacial score (nSPS) is 9.60. The van der Waals surface area contributed by atoms with E-state index >= 15 is 0 Å². The molecule has 2 aromatic carbocycles. The van der Waals surface area contributed by atoms with E-state index in [0.29, 0.717) is 0 Å². The fourth-order valence-electron chi connectivity index (χ4n) is 1.48. The summed E-state index contributed by atoms with van der Waals surface area (Å²) in [5.74, 6) is 0. The Morgan fingerprint density at radius 2 is 1.80 bits per heavy atom. The molecule has 0 atom stereocenters. The third kappa shape index (κ3) is 2.74. The van der Waals surface area contributed by atoms with Crippen LogP contribution >= 0.6 is 11.9 Å². The molecule has 0 heterocycles. The van der Waals surface area contributed by atoms with Crippen molar-refractivity contribution in [3.63, 3.8) is 0 Å². The van der Waals surface area contributed by atoms with Gasteiger partial charge in [-0.15, -0.1) is 0 Å². The first-order valence-electron chi connectivity index (χ1n) is 5.17. The van der Waals surface area contributed by atoms with Gasteiger partial charge in [0.05, 0.1) is 0 Å². The van der Waals surface area contributed by atoms with Crippen molar-refractivity contribution in [3.05, 3.63) is 42.0 Å². The number of aryl methyl sites for hydroxylation is 1. The Kier molecular flexibility index (Phi) is 4.66. The highest BCUT2D eigenvalue weighted by atomic mass is 32.2. The smallest absolute Gasteiger partial charge is 0.0232 e. The van der Waals surface area contributed by atoms with Crippen molar-refractivity contribution < 1.29 is 0 Å². The summed E-state index contributed by atoms with van der Waals surface area (Å²) >= 11 is 1.29. The van der Waals surface area contributed by atoms with Crippen LogP contribution in [0.3, 0.4) is 0 Å². The molecule has 0 unspecified atom stereocenters. The Bertz CT molecular complexity index is 437. The molecule has 0 aliphatic heterocycles. The summed E-state index contributed by atoms with van der Waals surface area (Å²) in [5, 5.41) is 8.07. The molecule has 2 heteroatoms. The van der Waals surface area contributed by atoms with Crippen LogP contribution in [0.15, 0.2) is 41.3 Å². The summed E-state index contributed by atoms with van der Waals surface area (Å²) in [4.78, 5) is 1.11. The van der Waals surface area contributed by atoms with E-state index in [-0.39, 0.29) is 0 Å². The number of hydrogen-bond acceptors (Lipinski definition) is 2. The summed E-state index contributed by atoms with van der Waals surface area (Å²) in [5.41, 5.74) is 1.30. The van der Waals surface area contributed by atoms with Crippen molar-refractivity contribution in [1.82, 2.24) is 0 Å². The van der Waals surface area contributed by atoms with Crippen LogP contribution in [0.25, 0.3) is 10.8 Å². The molecule has 1 nitrogen and oxygen atoms in total.